The topological polar surface area (TPSA) is 32.3 Å². The molecule has 0 bridgehead atoms. The van der Waals surface area contributed by atoms with Crippen molar-refractivity contribution in [3.63, 3.8) is 0 Å². The Hall–Kier alpha value is -0.510. The van der Waals surface area contributed by atoms with E-state index in [-0.39, 0.29) is 12.1 Å². The predicted molar refractivity (Wildman–Crippen MR) is 81.1 cm³/mol. The Morgan fingerprint density at radius 3 is 2.22 bits per heavy atom. The third-order valence-corrected chi connectivity index (χ3v) is 4.15. The van der Waals surface area contributed by atoms with Gasteiger partial charge in [0.15, 0.2) is 0 Å². The predicted octanol–water partition coefficient (Wildman–Crippen LogP) is 3.01. The van der Waals surface area contributed by atoms with Gasteiger partial charge in [0, 0.05) is 11.8 Å². The van der Waals surface area contributed by atoms with Crippen LogP contribution in [-0.2, 0) is 5.54 Å². The minimum Gasteiger partial charge on any atom is -0.394 e. The number of thioether (sulfide) groups is 1. The second-order valence-electron chi connectivity index (χ2n) is 5.27. The van der Waals surface area contributed by atoms with Crippen LogP contribution < -0.4 is 5.32 Å². The van der Waals surface area contributed by atoms with E-state index in [4.69, 9.17) is 0 Å². The molecule has 0 saturated heterocycles. The summed E-state index contributed by atoms with van der Waals surface area (Å²) in [4.78, 5) is 0. The smallest absolute Gasteiger partial charge is 0.0762 e. The van der Waals surface area contributed by atoms with E-state index < -0.39 is 0 Å². The molecule has 0 heterocycles. The summed E-state index contributed by atoms with van der Waals surface area (Å²) in [6.45, 7) is 8.73. The van der Waals surface area contributed by atoms with E-state index in [0.29, 0.717) is 11.3 Å². The van der Waals surface area contributed by atoms with Gasteiger partial charge >= 0.3 is 0 Å². The fourth-order valence-corrected chi connectivity index (χ4v) is 2.97. The fourth-order valence-electron chi connectivity index (χ4n) is 2.01. The number of aliphatic hydroxyl groups excluding tert-OH is 1. The molecule has 1 rings (SSSR count). The van der Waals surface area contributed by atoms with E-state index in [0.717, 1.165) is 11.3 Å². The van der Waals surface area contributed by atoms with E-state index in [1.807, 2.05) is 30.0 Å². The second kappa shape index (κ2) is 7.17. The average Bonchev–Trinajstić information content (AvgIpc) is 2.35. The Morgan fingerprint density at radius 2 is 1.78 bits per heavy atom. The first-order chi connectivity index (χ1) is 8.50. The van der Waals surface area contributed by atoms with Gasteiger partial charge in [0.25, 0.3) is 0 Å². The van der Waals surface area contributed by atoms with Crippen LogP contribution in [-0.4, -0.2) is 28.8 Å². The van der Waals surface area contributed by atoms with Crippen molar-refractivity contribution >= 4 is 11.8 Å². The van der Waals surface area contributed by atoms with E-state index in [9.17, 15) is 5.11 Å². The molecule has 2 nitrogen and oxygen atoms in total. The lowest BCUT2D eigenvalue weighted by Gasteiger charge is -2.36. The first-order valence-corrected chi connectivity index (χ1v) is 7.61. The molecule has 18 heavy (non-hydrogen) atoms. The van der Waals surface area contributed by atoms with E-state index in [2.05, 4.69) is 45.1 Å². The highest BCUT2D eigenvalue weighted by atomic mass is 32.2. The summed E-state index contributed by atoms with van der Waals surface area (Å²) in [7, 11) is 0. The molecule has 0 aliphatic heterocycles. The first-order valence-electron chi connectivity index (χ1n) is 6.56. The molecule has 1 atom stereocenters. The van der Waals surface area contributed by atoms with Crippen LogP contribution in [0, 0.1) is 0 Å². The van der Waals surface area contributed by atoms with Crippen LogP contribution in [0.4, 0.5) is 0 Å². The molecule has 0 aliphatic rings. The highest BCUT2D eigenvalue weighted by molar-refractivity contribution is 7.99. The van der Waals surface area contributed by atoms with Crippen LogP contribution >= 0.6 is 11.8 Å². The quantitative estimate of drug-likeness (QED) is 0.796. The zero-order valence-electron chi connectivity index (χ0n) is 11.8. The Bertz CT molecular complexity index is 340. The molecule has 0 aromatic heterocycles. The summed E-state index contributed by atoms with van der Waals surface area (Å²) < 4.78 is 0. The van der Waals surface area contributed by atoms with Crippen LogP contribution in [0.15, 0.2) is 30.3 Å². The normalized spacial score (nSPS) is 15.1. The van der Waals surface area contributed by atoms with Gasteiger partial charge in [-0.05, 0) is 24.7 Å². The first kappa shape index (κ1) is 15.5. The highest BCUT2D eigenvalue weighted by Gasteiger charge is 2.32. The largest absolute Gasteiger partial charge is 0.394 e. The number of rotatable bonds is 7. The second-order valence-corrected chi connectivity index (χ2v) is 6.83. The lowest BCUT2D eigenvalue weighted by atomic mass is 9.92. The Balaban J connectivity index is 2.98. The van der Waals surface area contributed by atoms with Crippen LogP contribution in [0.5, 0.6) is 0 Å². The SMILES string of the molecule is CC(C)NC(CO)(CSC(C)C)c1ccccc1. The van der Waals surface area contributed by atoms with Gasteiger partial charge in [-0.25, -0.2) is 0 Å². The van der Waals surface area contributed by atoms with Crippen LogP contribution in [0.3, 0.4) is 0 Å². The van der Waals surface area contributed by atoms with Gasteiger partial charge in [-0.15, -0.1) is 0 Å². The zero-order chi connectivity index (χ0) is 13.6. The van der Waals surface area contributed by atoms with Crippen molar-refractivity contribution in [3.05, 3.63) is 35.9 Å². The molecule has 102 valence electrons. The molecule has 3 heteroatoms. The van der Waals surface area contributed by atoms with Crippen molar-refractivity contribution in [2.75, 3.05) is 12.4 Å². The van der Waals surface area contributed by atoms with E-state index in [1.165, 1.54) is 0 Å². The summed E-state index contributed by atoms with van der Waals surface area (Å²) in [6, 6.07) is 10.6. The van der Waals surface area contributed by atoms with Gasteiger partial charge in [-0.2, -0.15) is 11.8 Å². The van der Waals surface area contributed by atoms with Crippen LogP contribution in [0.2, 0.25) is 0 Å². The molecule has 0 amide bonds. The van der Waals surface area contributed by atoms with Crippen molar-refractivity contribution in [2.24, 2.45) is 0 Å². The third-order valence-electron chi connectivity index (χ3n) is 2.82. The highest BCUT2D eigenvalue weighted by Crippen LogP contribution is 2.28. The summed E-state index contributed by atoms with van der Waals surface area (Å²) >= 11 is 1.88. The number of nitrogens with one attached hydrogen (secondary N) is 1. The Labute approximate surface area is 115 Å². The fraction of sp³-hybridized carbons (Fsp3) is 0.600. The van der Waals surface area contributed by atoms with E-state index >= 15 is 0 Å². The monoisotopic (exact) mass is 267 g/mol. The van der Waals surface area contributed by atoms with Crippen LogP contribution in [0.25, 0.3) is 0 Å². The number of hydrogen-bond acceptors (Lipinski definition) is 3. The lowest BCUT2D eigenvalue weighted by Crippen LogP contribution is -2.51. The third kappa shape index (κ3) is 4.30. The Kier molecular flexibility index (Phi) is 6.19. The molecule has 2 N–H and O–H groups in total. The summed E-state index contributed by atoms with van der Waals surface area (Å²) in [6.07, 6.45) is 0. The summed E-state index contributed by atoms with van der Waals surface area (Å²) in [5, 5.41) is 14.0. The minimum absolute atomic E-state index is 0.120. The molecular weight excluding hydrogens is 242 g/mol. The van der Waals surface area contributed by atoms with Crippen molar-refractivity contribution < 1.29 is 5.11 Å². The van der Waals surface area contributed by atoms with Gasteiger partial charge in [-0.1, -0.05) is 44.2 Å². The maximum atomic E-state index is 9.92. The number of aliphatic hydroxyl groups is 1. The van der Waals surface area contributed by atoms with Crippen molar-refractivity contribution in [3.8, 4) is 0 Å². The molecule has 1 aromatic carbocycles. The minimum atomic E-state index is -0.343. The van der Waals surface area contributed by atoms with Gasteiger partial charge < -0.3 is 10.4 Å². The molecule has 0 saturated carbocycles. The molecule has 1 unspecified atom stereocenters. The zero-order valence-corrected chi connectivity index (χ0v) is 12.6. The maximum absolute atomic E-state index is 9.92. The molecule has 0 fully saturated rings. The summed E-state index contributed by atoms with van der Waals surface area (Å²) in [5.41, 5.74) is 0.819. The Morgan fingerprint density at radius 1 is 1.17 bits per heavy atom. The molecule has 0 radical (unpaired) electrons. The molecule has 1 aromatic rings. The lowest BCUT2D eigenvalue weighted by molar-refractivity contribution is 0.169. The molecule has 0 spiro atoms. The molecule has 0 aliphatic carbocycles. The van der Waals surface area contributed by atoms with Gasteiger partial charge in [0.1, 0.15) is 0 Å². The number of hydrogen-bond donors (Lipinski definition) is 2. The van der Waals surface area contributed by atoms with Crippen molar-refractivity contribution in [2.45, 2.75) is 44.5 Å². The van der Waals surface area contributed by atoms with Gasteiger partial charge in [0.05, 0.1) is 12.1 Å². The van der Waals surface area contributed by atoms with Gasteiger partial charge in [-0.3, -0.25) is 0 Å². The molecular formula is C15H25NOS. The standard InChI is InChI=1S/C15H25NOS/c1-12(2)16-15(10-17,11-18-13(3)4)14-8-6-5-7-9-14/h5-9,12-13,16-17H,10-11H2,1-4H3. The average molecular weight is 267 g/mol. The van der Waals surface area contributed by atoms with E-state index in [1.54, 1.807) is 0 Å². The van der Waals surface area contributed by atoms with Crippen LogP contribution in [0.1, 0.15) is 33.3 Å². The van der Waals surface area contributed by atoms with Crippen molar-refractivity contribution in [1.29, 1.82) is 0 Å². The maximum Gasteiger partial charge on any atom is 0.0762 e. The van der Waals surface area contributed by atoms with Gasteiger partial charge in [0.2, 0.25) is 0 Å². The summed E-state index contributed by atoms with van der Waals surface area (Å²) in [5.74, 6) is 0.878. The number of benzene rings is 1. The van der Waals surface area contributed by atoms with Crippen molar-refractivity contribution in [1.82, 2.24) is 5.32 Å².